The first kappa shape index (κ1) is 33.9. The first-order valence-electron chi connectivity index (χ1n) is 15.6. The van der Waals surface area contributed by atoms with E-state index >= 15 is 0 Å². The van der Waals surface area contributed by atoms with E-state index in [1.807, 2.05) is 90.3 Å². The largest absolute Gasteiger partial charge is 0.496 e. The van der Waals surface area contributed by atoms with Gasteiger partial charge in [0.2, 0.25) is 5.91 Å². The fourth-order valence-electron chi connectivity index (χ4n) is 5.01. The van der Waals surface area contributed by atoms with Gasteiger partial charge in [-0.3, -0.25) is 14.4 Å². The number of rotatable bonds is 12. The minimum Gasteiger partial charge on any atom is -0.496 e. The number of aromatic nitrogens is 1. The van der Waals surface area contributed by atoms with E-state index in [1.165, 1.54) is 23.1 Å². The molecule has 3 N–H and O–H groups in total. The van der Waals surface area contributed by atoms with Crippen molar-refractivity contribution in [1.29, 1.82) is 0 Å². The van der Waals surface area contributed by atoms with Crippen LogP contribution in [0.5, 0.6) is 5.75 Å². The molecule has 1 aromatic heterocycles. The minimum absolute atomic E-state index is 0.0290. The molecule has 0 radical (unpaired) electrons. The summed E-state index contributed by atoms with van der Waals surface area (Å²) in [5.41, 5.74) is 4.11. The third kappa shape index (κ3) is 8.73. The number of carbonyl (C=O) groups is 3. The van der Waals surface area contributed by atoms with Crippen LogP contribution >= 0.6 is 23.1 Å². The molecule has 50 heavy (non-hydrogen) atoms. The number of thiazole rings is 1. The summed E-state index contributed by atoms with van der Waals surface area (Å²) >= 11 is 2.72. The summed E-state index contributed by atoms with van der Waals surface area (Å²) in [6.45, 7) is 0. The Morgan fingerprint density at radius 2 is 1.46 bits per heavy atom. The zero-order valence-electron chi connectivity index (χ0n) is 26.9. The third-order valence-electron chi connectivity index (χ3n) is 7.46. The average Bonchev–Trinajstić information content (AvgIpc) is 3.63. The van der Waals surface area contributed by atoms with Gasteiger partial charge in [-0.15, -0.1) is 23.1 Å². The highest BCUT2D eigenvalue weighted by Gasteiger charge is 2.24. The third-order valence-corrected chi connectivity index (χ3v) is 9.46. The lowest BCUT2D eigenvalue weighted by Crippen LogP contribution is -2.30. The highest BCUT2D eigenvalue weighted by molar-refractivity contribution is 8.00. The summed E-state index contributed by atoms with van der Waals surface area (Å²) in [6.07, 6.45) is 1.57. The number of ether oxygens (including phenoxy) is 1. The molecule has 0 saturated carbocycles. The van der Waals surface area contributed by atoms with Crippen molar-refractivity contribution < 1.29 is 19.1 Å². The molecule has 0 aliphatic carbocycles. The minimum atomic E-state index is -0.614. The number of nitrogens with one attached hydrogen (secondary N) is 3. The van der Waals surface area contributed by atoms with E-state index in [9.17, 15) is 14.4 Å². The van der Waals surface area contributed by atoms with Crippen molar-refractivity contribution in [2.45, 2.75) is 10.1 Å². The molecule has 8 nitrogen and oxygen atoms in total. The number of hydrogen-bond donors (Lipinski definition) is 3. The summed E-state index contributed by atoms with van der Waals surface area (Å²) in [4.78, 5) is 46.0. The molecule has 0 aliphatic rings. The van der Waals surface area contributed by atoms with Gasteiger partial charge in [-0.05, 0) is 48.0 Å². The highest BCUT2D eigenvalue weighted by atomic mass is 32.2. The van der Waals surface area contributed by atoms with Crippen molar-refractivity contribution in [3.8, 4) is 17.0 Å². The van der Waals surface area contributed by atoms with Crippen LogP contribution in [-0.2, 0) is 9.59 Å². The topological polar surface area (TPSA) is 109 Å². The molecular formula is C40H32N4O4S2. The molecule has 0 spiro atoms. The summed E-state index contributed by atoms with van der Waals surface area (Å²) in [5, 5.41) is 10.5. The molecule has 3 amide bonds. The van der Waals surface area contributed by atoms with Crippen LogP contribution in [0.1, 0.15) is 26.7 Å². The maximum absolute atomic E-state index is 13.8. The quantitative estimate of drug-likeness (QED) is 0.0873. The van der Waals surface area contributed by atoms with Gasteiger partial charge in [0.1, 0.15) is 16.7 Å². The van der Waals surface area contributed by atoms with Crippen LogP contribution in [-0.4, -0.2) is 29.8 Å². The molecule has 6 aromatic rings. The van der Waals surface area contributed by atoms with Crippen LogP contribution in [0.4, 0.5) is 10.8 Å². The first-order valence-corrected chi connectivity index (χ1v) is 17.4. The van der Waals surface area contributed by atoms with E-state index in [-0.39, 0.29) is 11.6 Å². The number of methoxy groups -OCH3 is 1. The molecule has 0 fully saturated rings. The van der Waals surface area contributed by atoms with Gasteiger partial charge >= 0.3 is 0 Å². The van der Waals surface area contributed by atoms with Crippen molar-refractivity contribution in [3.63, 3.8) is 0 Å². The van der Waals surface area contributed by atoms with Crippen molar-refractivity contribution in [3.05, 3.63) is 167 Å². The van der Waals surface area contributed by atoms with Crippen molar-refractivity contribution in [2.75, 3.05) is 17.7 Å². The number of thioether (sulfide) groups is 1. The standard InChI is InChI=1S/C40H32N4O4S2/c1-48-35-23-12-11-20-30(35)24-33(42-37(45)29-18-9-4-10-19-29)38(46)41-31-21-13-22-32(25-31)50-36(28-16-7-3-8-17-28)39(47)44-40-43-34(26-49-40)27-14-5-2-6-15-27/h2-26,36H,1H3,(H,41,46)(H,42,45)(H,43,44,47)/b33-24+. The Morgan fingerprint density at radius 1 is 0.780 bits per heavy atom. The van der Waals surface area contributed by atoms with Crippen LogP contribution in [0.25, 0.3) is 17.3 Å². The second-order valence-corrected chi connectivity index (χ2v) is 12.9. The number of carbonyl (C=O) groups excluding carboxylic acids is 3. The molecule has 0 saturated heterocycles. The number of hydrogen-bond acceptors (Lipinski definition) is 7. The highest BCUT2D eigenvalue weighted by Crippen LogP contribution is 2.38. The van der Waals surface area contributed by atoms with E-state index in [4.69, 9.17) is 4.74 Å². The zero-order chi connectivity index (χ0) is 34.7. The summed E-state index contributed by atoms with van der Waals surface area (Å²) in [6, 6.07) is 42.4. The second kappa shape index (κ2) is 16.4. The summed E-state index contributed by atoms with van der Waals surface area (Å²) in [5.74, 6) is -0.642. The molecule has 6 rings (SSSR count). The summed E-state index contributed by atoms with van der Waals surface area (Å²) < 4.78 is 5.47. The van der Waals surface area contributed by atoms with Crippen LogP contribution in [0.2, 0.25) is 0 Å². The van der Waals surface area contributed by atoms with Gasteiger partial charge in [-0.2, -0.15) is 0 Å². The second-order valence-electron chi connectivity index (χ2n) is 10.9. The zero-order valence-corrected chi connectivity index (χ0v) is 28.5. The smallest absolute Gasteiger partial charge is 0.272 e. The van der Waals surface area contributed by atoms with E-state index < -0.39 is 17.1 Å². The number of benzene rings is 5. The Bertz CT molecular complexity index is 2120. The van der Waals surface area contributed by atoms with E-state index in [2.05, 4.69) is 20.9 Å². The van der Waals surface area contributed by atoms with Crippen LogP contribution in [0.15, 0.2) is 155 Å². The predicted octanol–water partition coefficient (Wildman–Crippen LogP) is 8.70. The Morgan fingerprint density at radius 3 is 2.20 bits per heavy atom. The van der Waals surface area contributed by atoms with Crippen molar-refractivity contribution in [1.82, 2.24) is 10.3 Å². The Labute approximate surface area is 298 Å². The number of para-hydroxylation sites is 1. The number of nitrogens with zero attached hydrogens (tertiary/aromatic N) is 1. The van der Waals surface area contributed by atoms with E-state index in [0.29, 0.717) is 27.7 Å². The van der Waals surface area contributed by atoms with Gasteiger partial charge in [0.25, 0.3) is 11.8 Å². The fourth-order valence-corrected chi connectivity index (χ4v) is 6.82. The van der Waals surface area contributed by atoms with Gasteiger partial charge in [0.15, 0.2) is 5.13 Å². The molecule has 0 aliphatic heterocycles. The molecule has 1 heterocycles. The normalized spacial score (nSPS) is 11.7. The first-order chi connectivity index (χ1) is 24.5. The average molecular weight is 697 g/mol. The predicted molar refractivity (Wildman–Crippen MR) is 201 cm³/mol. The Kier molecular flexibility index (Phi) is 11.1. The molecule has 10 heteroatoms. The monoisotopic (exact) mass is 696 g/mol. The lowest BCUT2D eigenvalue weighted by molar-refractivity contribution is -0.116. The lowest BCUT2D eigenvalue weighted by Gasteiger charge is -2.17. The molecular weight excluding hydrogens is 665 g/mol. The fraction of sp³-hybridized carbons (Fsp3) is 0.0500. The van der Waals surface area contributed by atoms with E-state index in [0.717, 1.165) is 21.7 Å². The maximum Gasteiger partial charge on any atom is 0.272 e. The van der Waals surface area contributed by atoms with Crippen molar-refractivity contribution >= 4 is 57.7 Å². The number of anilines is 2. The van der Waals surface area contributed by atoms with Crippen LogP contribution in [0, 0.1) is 0 Å². The van der Waals surface area contributed by atoms with Gasteiger partial charge in [-0.25, -0.2) is 4.98 Å². The molecule has 1 unspecified atom stereocenters. The van der Waals surface area contributed by atoms with Crippen LogP contribution in [0.3, 0.4) is 0 Å². The molecule has 0 bridgehead atoms. The Hall–Kier alpha value is -5.97. The Balaban J connectivity index is 1.22. The maximum atomic E-state index is 13.8. The van der Waals surface area contributed by atoms with Crippen LogP contribution < -0.4 is 20.7 Å². The molecule has 5 aromatic carbocycles. The van der Waals surface area contributed by atoms with Crippen molar-refractivity contribution in [2.24, 2.45) is 0 Å². The van der Waals surface area contributed by atoms with Gasteiger partial charge < -0.3 is 20.7 Å². The van der Waals surface area contributed by atoms with Gasteiger partial charge in [-0.1, -0.05) is 103 Å². The number of amides is 3. The van der Waals surface area contributed by atoms with Gasteiger partial charge in [0, 0.05) is 32.7 Å². The molecule has 248 valence electrons. The summed E-state index contributed by atoms with van der Waals surface area (Å²) in [7, 11) is 1.54. The SMILES string of the molecule is COc1ccccc1/C=C(/NC(=O)c1ccccc1)C(=O)Nc1cccc(SC(C(=O)Nc2nc(-c3ccccc3)cs2)c2ccccc2)c1. The van der Waals surface area contributed by atoms with Gasteiger partial charge in [0.05, 0.1) is 12.8 Å². The lowest BCUT2D eigenvalue weighted by atomic mass is 10.1. The molecule has 1 atom stereocenters. The van der Waals surface area contributed by atoms with E-state index in [1.54, 1.807) is 67.8 Å².